The van der Waals surface area contributed by atoms with E-state index in [4.69, 9.17) is 4.74 Å². The number of hydrogen-bond acceptors (Lipinski definition) is 4. The Morgan fingerprint density at radius 1 is 1.47 bits per heavy atom. The SMILES string of the molecule is CC1(CNCc2cn(C(C)(C)C)nn2)COC1. The van der Waals surface area contributed by atoms with Gasteiger partial charge in [-0.25, -0.2) is 4.68 Å². The van der Waals surface area contributed by atoms with Crippen molar-refractivity contribution in [1.29, 1.82) is 0 Å². The van der Waals surface area contributed by atoms with E-state index in [2.05, 4.69) is 43.3 Å². The van der Waals surface area contributed by atoms with E-state index in [1.165, 1.54) is 0 Å². The minimum atomic E-state index is -0.000951. The highest BCUT2D eigenvalue weighted by Gasteiger charge is 2.32. The van der Waals surface area contributed by atoms with Crippen LogP contribution in [0.1, 0.15) is 33.4 Å². The second kappa shape index (κ2) is 4.38. The zero-order valence-electron chi connectivity index (χ0n) is 11.2. The van der Waals surface area contributed by atoms with Gasteiger partial charge < -0.3 is 10.1 Å². The van der Waals surface area contributed by atoms with E-state index in [0.717, 1.165) is 32.0 Å². The predicted octanol–water partition coefficient (Wildman–Crippen LogP) is 1.16. The van der Waals surface area contributed by atoms with Crippen LogP contribution in [-0.2, 0) is 16.8 Å². The fourth-order valence-electron chi connectivity index (χ4n) is 1.75. The van der Waals surface area contributed by atoms with Gasteiger partial charge in [0.1, 0.15) is 0 Å². The molecule has 0 bridgehead atoms. The van der Waals surface area contributed by atoms with Crippen LogP contribution in [0.25, 0.3) is 0 Å². The van der Waals surface area contributed by atoms with Crippen molar-refractivity contribution in [3.05, 3.63) is 11.9 Å². The monoisotopic (exact) mass is 238 g/mol. The molecule has 0 amide bonds. The van der Waals surface area contributed by atoms with Crippen LogP contribution >= 0.6 is 0 Å². The molecule has 0 aliphatic carbocycles. The summed E-state index contributed by atoms with van der Waals surface area (Å²) in [7, 11) is 0. The van der Waals surface area contributed by atoms with E-state index in [-0.39, 0.29) is 5.54 Å². The summed E-state index contributed by atoms with van der Waals surface area (Å²) < 4.78 is 7.12. The largest absolute Gasteiger partial charge is 0.380 e. The van der Waals surface area contributed by atoms with Crippen molar-refractivity contribution < 1.29 is 4.74 Å². The Morgan fingerprint density at radius 2 is 2.18 bits per heavy atom. The fraction of sp³-hybridized carbons (Fsp3) is 0.833. The van der Waals surface area contributed by atoms with Gasteiger partial charge in [0.25, 0.3) is 0 Å². The molecule has 1 fully saturated rings. The molecular formula is C12H22N4O. The third-order valence-electron chi connectivity index (χ3n) is 2.99. The number of rotatable bonds is 4. The summed E-state index contributed by atoms with van der Waals surface area (Å²) in [6, 6.07) is 0. The minimum absolute atomic E-state index is 0.000951. The molecule has 1 aliphatic rings. The highest BCUT2D eigenvalue weighted by atomic mass is 16.5. The molecule has 0 spiro atoms. The molecule has 0 unspecified atom stereocenters. The average molecular weight is 238 g/mol. The molecule has 0 saturated carbocycles. The molecular weight excluding hydrogens is 216 g/mol. The van der Waals surface area contributed by atoms with E-state index >= 15 is 0 Å². The highest BCUT2D eigenvalue weighted by Crippen LogP contribution is 2.25. The Kier molecular flexibility index (Phi) is 3.23. The van der Waals surface area contributed by atoms with E-state index < -0.39 is 0 Å². The molecule has 96 valence electrons. The van der Waals surface area contributed by atoms with E-state index in [9.17, 15) is 0 Å². The lowest BCUT2D eigenvalue weighted by Gasteiger charge is -2.38. The first-order valence-corrected chi connectivity index (χ1v) is 6.09. The van der Waals surface area contributed by atoms with Crippen LogP contribution < -0.4 is 5.32 Å². The second-order valence-electron chi connectivity index (χ2n) is 6.23. The molecule has 0 atom stereocenters. The van der Waals surface area contributed by atoms with Crippen LogP contribution in [-0.4, -0.2) is 34.8 Å². The molecule has 5 heteroatoms. The van der Waals surface area contributed by atoms with Crippen molar-refractivity contribution in [2.24, 2.45) is 5.41 Å². The van der Waals surface area contributed by atoms with E-state index in [0.29, 0.717) is 5.41 Å². The number of hydrogen-bond donors (Lipinski definition) is 1. The van der Waals surface area contributed by atoms with Gasteiger partial charge in [-0.2, -0.15) is 0 Å². The van der Waals surface area contributed by atoms with Gasteiger partial charge in [0.15, 0.2) is 0 Å². The lowest BCUT2D eigenvalue weighted by molar-refractivity contribution is -0.0991. The van der Waals surface area contributed by atoms with Crippen molar-refractivity contribution in [3.63, 3.8) is 0 Å². The summed E-state index contributed by atoms with van der Waals surface area (Å²) >= 11 is 0. The van der Waals surface area contributed by atoms with Gasteiger partial charge in [0.05, 0.1) is 30.6 Å². The first-order chi connectivity index (χ1) is 7.89. The Balaban J connectivity index is 1.81. The zero-order chi connectivity index (χ0) is 12.5. The van der Waals surface area contributed by atoms with Gasteiger partial charge in [0.2, 0.25) is 0 Å². The summed E-state index contributed by atoms with van der Waals surface area (Å²) in [4.78, 5) is 0. The number of nitrogens with zero attached hydrogens (tertiary/aromatic N) is 3. The standard InChI is InChI=1S/C12H22N4O/c1-11(2,3)16-6-10(14-15-16)5-13-7-12(4)8-17-9-12/h6,13H,5,7-9H2,1-4H3. The zero-order valence-corrected chi connectivity index (χ0v) is 11.2. The van der Waals surface area contributed by atoms with Crippen molar-refractivity contribution in [3.8, 4) is 0 Å². The van der Waals surface area contributed by atoms with Gasteiger partial charge in [-0.1, -0.05) is 12.1 Å². The van der Waals surface area contributed by atoms with Gasteiger partial charge >= 0.3 is 0 Å². The first kappa shape index (κ1) is 12.5. The van der Waals surface area contributed by atoms with Crippen LogP contribution in [0.2, 0.25) is 0 Å². The lowest BCUT2D eigenvalue weighted by atomic mass is 9.89. The van der Waals surface area contributed by atoms with Crippen LogP contribution in [0.15, 0.2) is 6.20 Å². The van der Waals surface area contributed by atoms with Crippen LogP contribution in [0.3, 0.4) is 0 Å². The van der Waals surface area contributed by atoms with Gasteiger partial charge in [-0.15, -0.1) is 5.10 Å². The number of nitrogens with one attached hydrogen (secondary N) is 1. The second-order valence-corrected chi connectivity index (χ2v) is 6.23. The Morgan fingerprint density at radius 3 is 2.65 bits per heavy atom. The summed E-state index contributed by atoms with van der Waals surface area (Å²) in [5, 5.41) is 11.7. The normalized spacial score (nSPS) is 19.1. The smallest absolute Gasteiger partial charge is 0.0965 e. The molecule has 0 aromatic carbocycles. The summed E-state index contributed by atoms with van der Waals surface area (Å²) in [6.07, 6.45) is 2.01. The summed E-state index contributed by atoms with van der Waals surface area (Å²) in [5.74, 6) is 0. The lowest BCUT2D eigenvalue weighted by Crippen LogP contribution is -2.47. The number of ether oxygens (including phenoxy) is 1. The molecule has 0 radical (unpaired) electrons. The van der Waals surface area contributed by atoms with Crippen LogP contribution in [0.4, 0.5) is 0 Å². The maximum Gasteiger partial charge on any atom is 0.0965 e. The average Bonchev–Trinajstić information content (AvgIpc) is 2.63. The molecule has 1 N–H and O–H groups in total. The predicted molar refractivity (Wildman–Crippen MR) is 65.7 cm³/mol. The van der Waals surface area contributed by atoms with Crippen molar-refractivity contribution in [1.82, 2.24) is 20.3 Å². The van der Waals surface area contributed by atoms with E-state index in [1.807, 2.05) is 10.9 Å². The van der Waals surface area contributed by atoms with Gasteiger partial charge in [-0.05, 0) is 20.8 Å². The van der Waals surface area contributed by atoms with Crippen molar-refractivity contribution in [2.45, 2.75) is 39.8 Å². The quantitative estimate of drug-likeness (QED) is 0.855. The molecule has 1 aromatic heterocycles. The molecule has 1 aromatic rings. The van der Waals surface area contributed by atoms with E-state index in [1.54, 1.807) is 0 Å². The molecule has 1 aliphatic heterocycles. The molecule has 2 rings (SSSR count). The maximum absolute atomic E-state index is 5.22. The van der Waals surface area contributed by atoms with Crippen LogP contribution in [0.5, 0.6) is 0 Å². The maximum atomic E-state index is 5.22. The number of aromatic nitrogens is 3. The minimum Gasteiger partial charge on any atom is -0.380 e. The fourth-order valence-corrected chi connectivity index (χ4v) is 1.75. The molecule has 2 heterocycles. The third kappa shape index (κ3) is 3.04. The Labute approximate surface area is 103 Å². The molecule has 1 saturated heterocycles. The molecule has 5 nitrogen and oxygen atoms in total. The van der Waals surface area contributed by atoms with Crippen LogP contribution in [0, 0.1) is 5.41 Å². The van der Waals surface area contributed by atoms with Gasteiger partial charge in [-0.3, -0.25) is 0 Å². The Hall–Kier alpha value is -0.940. The summed E-state index contributed by atoms with van der Waals surface area (Å²) in [5.41, 5.74) is 1.29. The van der Waals surface area contributed by atoms with Crippen molar-refractivity contribution >= 4 is 0 Å². The molecule has 17 heavy (non-hydrogen) atoms. The third-order valence-corrected chi connectivity index (χ3v) is 2.99. The topological polar surface area (TPSA) is 52.0 Å². The first-order valence-electron chi connectivity index (χ1n) is 6.09. The Bertz CT molecular complexity index is 376. The van der Waals surface area contributed by atoms with Gasteiger partial charge in [0, 0.05) is 18.5 Å². The highest BCUT2D eigenvalue weighted by molar-refractivity contribution is 4.95. The summed E-state index contributed by atoms with van der Waals surface area (Å²) in [6.45, 7) is 12.0. The van der Waals surface area contributed by atoms with Crippen molar-refractivity contribution in [2.75, 3.05) is 19.8 Å².